The number of hydrogen-bond donors (Lipinski definition) is 1. The second-order valence-corrected chi connectivity index (χ2v) is 8.62. The molecule has 1 heterocycles. The van der Waals surface area contributed by atoms with Crippen LogP contribution in [0.1, 0.15) is 10.5 Å². The summed E-state index contributed by atoms with van der Waals surface area (Å²) in [6.45, 7) is 0. The topological polar surface area (TPSA) is 217 Å². The zero-order chi connectivity index (χ0) is 23.0. The molecular formula is C16H9N4Na5O9S2+2. The van der Waals surface area contributed by atoms with Gasteiger partial charge in [0.05, 0.1) is 27.1 Å². The van der Waals surface area contributed by atoms with Gasteiger partial charge in [-0.25, -0.2) is 21.5 Å². The molecule has 0 atom stereocenters. The minimum Gasteiger partial charge on any atom is -0.744 e. The predicted molar refractivity (Wildman–Crippen MR) is 97.3 cm³/mol. The van der Waals surface area contributed by atoms with Gasteiger partial charge in [-0.1, -0.05) is 0 Å². The maximum Gasteiger partial charge on any atom is 1.00 e. The number of rotatable bonds is 6. The molecule has 0 aliphatic heterocycles. The molecule has 1 N–H and O–H groups in total. The number of carbonyl (C=O) groups is 1. The quantitative estimate of drug-likeness (QED) is 0.166. The number of azo groups is 1. The number of aromatic carboxylic acids is 1. The third kappa shape index (κ3) is 10.7. The van der Waals surface area contributed by atoms with Crippen molar-refractivity contribution >= 4 is 37.6 Å². The number of H-pyrrole nitrogens is 1. The summed E-state index contributed by atoms with van der Waals surface area (Å²) >= 11 is 0. The molecule has 0 aliphatic carbocycles. The molecular weight excluding hydrogens is 571 g/mol. The number of hydrogen-bond acceptors (Lipinski definition) is 11. The monoisotopic (exact) mass is 580 g/mol. The number of nitrogens with zero attached hydrogens (tertiary/aromatic N) is 3. The SMILES string of the molecule is O=C([O-])c1[nH]n(-c2ccc(S(=O)(=O)[O-])cc2)c(=O)c1N=Nc1ccc(S(=O)(=O)[O-])cc1.[Na+].[Na+].[Na+].[Na+].[Na+]. The Balaban J connectivity index is -0.00000218. The molecule has 0 radical (unpaired) electrons. The molecule has 0 unspecified atom stereocenters. The van der Waals surface area contributed by atoms with Crippen LogP contribution in [-0.4, -0.2) is 41.7 Å². The van der Waals surface area contributed by atoms with Crippen molar-refractivity contribution in [3.8, 4) is 5.69 Å². The number of carbonyl (C=O) groups excluding carboxylic acids is 1. The van der Waals surface area contributed by atoms with Crippen molar-refractivity contribution in [1.29, 1.82) is 0 Å². The summed E-state index contributed by atoms with van der Waals surface area (Å²) in [6.07, 6.45) is 0. The van der Waals surface area contributed by atoms with E-state index < -0.39 is 52.9 Å². The fourth-order valence-corrected chi connectivity index (χ4v) is 3.33. The van der Waals surface area contributed by atoms with Gasteiger partial charge in [0, 0.05) is 0 Å². The van der Waals surface area contributed by atoms with E-state index in [2.05, 4.69) is 15.3 Å². The average Bonchev–Trinajstić information content (AvgIpc) is 3.02. The first-order valence-electron chi connectivity index (χ1n) is 7.98. The first-order valence-corrected chi connectivity index (χ1v) is 10.8. The van der Waals surface area contributed by atoms with Gasteiger partial charge in [-0.3, -0.25) is 9.89 Å². The number of aromatic amines is 1. The number of benzene rings is 2. The van der Waals surface area contributed by atoms with Gasteiger partial charge >= 0.3 is 148 Å². The van der Waals surface area contributed by atoms with Gasteiger partial charge in [0.25, 0.3) is 5.56 Å². The second kappa shape index (κ2) is 17.2. The van der Waals surface area contributed by atoms with Crippen molar-refractivity contribution in [3.63, 3.8) is 0 Å². The van der Waals surface area contributed by atoms with E-state index >= 15 is 0 Å². The van der Waals surface area contributed by atoms with Crippen LogP contribution in [0, 0.1) is 0 Å². The van der Waals surface area contributed by atoms with Gasteiger partial charge < -0.3 is 19.0 Å². The fourth-order valence-electron chi connectivity index (χ4n) is 2.39. The maximum atomic E-state index is 12.6. The Morgan fingerprint density at radius 1 is 0.750 bits per heavy atom. The summed E-state index contributed by atoms with van der Waals surface area (Å²) in [4.78, 5) is 22.8. The minimum absolute atomic E-state index is 0. The summed E-state index contributed by atoms with van der Waals surface area (Å²) in [7, 11) is -9.40. The fraction of sp³-hybridized carbons (Fsp3) is 0. The van der Waals surface area contributed by atoms with E-state index in [1.807, 2.05) is 0 Å². The number of carboxylic acids is 1. The Labute approximate surface area is 315 Å². The molecule has 0 spiro atoms. The summed E-state index contributed by atoms with van der Waals surface area (Å²) < 4.78 is 66.5. The first-order chi connectivity index (χ1) is 14.4. The van der Waals surface area contributed by atoms with Crippen LogP contribution in [0.5, 0.6) is 0 Å². The first kappa shape index (κ1) is 41.8. The van der Waals surface area contributed by atoms with Crippen LogP contribution in [0.2, 0.25) is 0 Å². The van der Waals surface area contributed by atoms with Crippen LogP contribution in [0.3, 0.4) is 0 Å². The van der Waals surface area contributed by atoms with E-state index in [0.29, 0.717) is 4.68 Å². The zero-order valence-electron chi connectivity index (χ0n) is 20.0. The Kier molecular flexibility index (Phi) is 20.0. The Morgan fingerprint density at radius 2 is 1.17 bits per heavy atom. The van der Waals surface area contributed by atoms with Crippen LogP contribution in [0.4, 0.5) is 11.4 Å². The van der Waals surface area contributed by atoms with Gasteiger partial charge in [0.2, 0.25) is 0 Å². The average molecular weight is 580 g/mol. The van der Waals surface area contributed by atoms with Crippen LogP contribution in [0.25, 0.3) is 5.69 Å². The summed E-state index contributed by atoms with van der Waals surface area (Å²) in [5.74, 6) is -1.80. The Morgan fingerprint density at radius 3 is 1.56 bits per heavy atom. The van der Waals surface area contributed by atoms with Crippen molar-refractivity contribution in [3.05, 3.63) is 64.6 Å². The molecule has 1 aromatic heterocycles. The standard InChI is InChI=1S/C16H12N4O9S2.5Na/c21-15-13(18-17-9-1-5-11(6-2-9)30(24,25)26)14(16(22)23)19-20(15)10-3-7-12(8-4-10)31(27,28)29;;;;;/h1-8,19H,(H,22,23)(H,24,25,26)(H,27,28,29);;;;;/q;5*+1/p-3. The van der Waals surface area contributed by atoms with Crippen LogP contribution in [-0.2, 0) is 20.2 Å². The molecule has 20 heteroatoms. The van der Waals surface area contributed by atoms with E-state index in [1.165, 1.54) is 0 Å². The Hall–Kier alpha value is 1.34. The number of nitrogens with one attached hydrogen (secondary N) is 1. The molecule has 2 aromatic carbocycles. The van der Waals surface area contributed by atoms with Crippen LogP contribution < -0.4 is 158 Å². The third-order valence-electron chi connectivity index (χ3n) is 3.84. The molecule has 0 saturated heterocycles. The minimum atomic E-state index is -4.72. The summed E-state index contributed by atoms with van der Waals surface area (Å²) in [6, 6.07) is 8.16. The summed E-state index contributed by atoms with van der Waals surface area (Å²) in [5.41, 5.74) is -2.39. The largest absolute Gasteiger partial charge is 1.00 e. The molecule has 36 heavy (non-hydrogen) atoms. The molecule has 0 fully saturated rings. The van der Waals surface area contributed by atoms with Gasteiger partial charge in [0.1, 0.15) is 25.9 Å². The molecule has 0 saturated carbocycles. The van der Waals surface area contributed by atoms with Crippen molar-refractivity contribution in [2.75, 3.05) is 0 Å². The van der Waals surface area contributed by atoms with Crippen LogP contribution in [0.15, 0.2) is 73.3 Å². The van der Waals surface area contributed by atoms with Crippen molar-refractivity contribution in [2.24, 2.45) is 10.2 Å². The number of aromatic nitrogens is 2. The molecule has 0 bridgehead atoms. The molecule has 3 rings (SSSR count). The number of carboxylic acid groups (broad SMARTS) is 1. The second-order valence-electron chi connectivity index (χ2n) is 5.86. The van der Waals surface area contributed by atoms with Crippen molar-refractivity contribution in [2.45, 2.75) is 9.79 Å². The van der Waals surface area contributed by atoms with E-state index in [4.69, 9.17) is 0 Å². The van der Waals surface area contributed by atoms with Gasteiger partial charge in [0.15, 0.2) is 5.69 Å². The molecule has 13 nitrogen and oxygen atoms in total. The van der Waals surface area contributed by atoms with Crippen molar-refractivity contribution in [1.82, 2.24) is 9.78 Å². The van der Waals surface area contributed by atoms with Gasteiger partial charge in [-0.2, -0.15) is 5.11 Å². The third-order valence-corrected chi connectivity index (χ3v) is 5.54. The van der Waals surface area contributed by atoms with E-state index in [1.54, 1.807) is 0 Å². The predicted octanol–water partition coefficient (Wildman–Crippen LogP) is -15.2. The van der Waals surface area contributed by atoms with E-state index in [-0.39, 0.29) is 159 Å². The molecule has 0 aliphatic rings. The van der Waals surface area contributed by atoms with Gasteiger partial charge in [-0.05, 0) is 48.5 Å². The zero-order valence-corrected chi connectivity index (χ0v) is 31.6. The summed E-state index contributed by atoms with van der Waals surface area (Å²) in [5, 5.41) is 20.8. The Bertz CT molecular complexity index is 1470. The van der Waals surface area contributed by atoms with E-state index in [0.717, 1.165) is 48.5 Å². The van der Waals surface area contributed by atoms with Crippen LogP contribution >= 0.6 is 0 Å². The maximum absolute atomic E-state index is 12.6. The van der Waals surface area contributed by atoms with Crippen molar-refractivity contribution < 1.29 is 184 Å². The molecule has 3 aromatic rings. The van der Waals surface area contributed by atoms with Gasteiger partial charge in [-0.15, -0.1) is 5.11 Å². The molecule has 162 valence electrons. The smallest absolute Gasteiger partial charge is 0.744 e. The molecule has 0 amide bonds. The normalized spacial score (nSPS) is 10.6. The van der Waals surface area contributed by atoms with E-state index in [9.17, 15) is 40.6 Å².